The molecule has 0 N–H and O–H groups in total. The number of rotatable bonds is 5. The molecule has 2 aromatic heterocycles. The summed E-state index contributed by atoms with van der Waals surface area (Å²) in [7, 11) is 1.63. The van der Waals surface area contributed by atoms with Gasteiger partial charge in [0.05, 0.1) is 19.8 Å². The van der Waals surface area contributed by atoms with Crippen LogP contribution in [-0.2, 0) is 4.74 Å². The zero-order valence-corrected chi connectivity index (χ0v) is 15.0. The fraction of sp³-hybridized carbons (Fsp3) is 0.526. The molecule has 4 heterocycles. The van der Waals surface area contributed by atoms with Crippen molar-refractivity contribution in [2.75, 3.05) is 38.3 Å². The molecule has 4 rings (SSSR count). The molecule has 2 aliphatic rings. The second-order valence-corrected chi connectivity index (χ2v) is 7.02. The molecule has 0 aliphatic carbocycles. The van der Waals surface area contributed by atoms with Crippen LogP contribution in [0, 0.1) is 5.41 Å². The van der Waals surface area contributed by atoms with Crippen molar-refractivity contribution in [2.45, 2.75) is 25.4 Å². The highest BCUT2D eigenvalue weighted by Gasteiger charge is 2.42. The van der Waals surface area contributed by atoms with Crippen molar-refractivity contribution < 1.29 is 14.2 Å². The molecule has 2 saturated heterocycles. The Morgan fingerprint density at radius 3 is 2.85 bits per heavy atom. The number of nitrogens with zero attached hydrogens (tertiary/aromatic N) is 4. The van der Waals surface area contributed by atoms with E-state index in [1.165, 1.54) is 0 Å². The molecule has 0 bridgehead atoms. The number of ether oxygens (including phenoxy) is 3. The summed E-state index contributed by atoms with van der Waals surface area (Å²) in [6.45, 7) is 3.31. The molecule has 0 radical (unpaired) electrons. The van der Waals surface area contributed by atoms with E-state index in [1.54, 1.807) is 19.6 Å². The molecule has 0 saturated carbocycles. The number of anilines is 1. The second kappa shape index (κ2) is 7.45. The predicted molar refractivity (Wildman–Crippen MR) is 96.6 cm³/mol. The van der Waals surface area contributed by atoms with E-state index < -0.39 is 0 Å². The second-order valence-electron chi connectivity index (χ2n) is 7.02. The summed E-state index contributed by atoms with van der Waals surface area (Å²) in [5.41, 5.74) is 0.256. The van der Waals surface area contributed by atoms with E-state index in [2.05, 4.69) is 19.9 Å². The molecule has 7 nitrogen and oxygen atoms in total. The monoisotopic (exact) mass is 356 g/mol. The molecule has 1 spiro atoms. The Labute approximate surface area is 153 Å². The van der Waals surface area contributed by atoms with Crippen LogP contribution in [0.15, 0.2) is 36.8 Å². The Bertz CT molecular complexity index is 720. The summed E-state index contributed by atoms with van der Waals surface area (Å²) >= 11 is 0. The zero-order chi connectivity index (χ0) is 17.8. The molecule has 7 heteroatoms. The highest BCUT2D eigenvalue weighted by atomic mass is 16.5. The minimum absolute atomic E-state index is 0.141. The molecule has 0 amide bonds. The van der Waals surface area contributed by atoms with Gasteiger partial charge < -0.3 is 19.1 Å². The molecule has 26 heavy (non-hydrogen) atoms. The van der Waals surface area contributed by atoms with Gasteiger partial charge in [0.15, 0.2) is 0 Å². The topological polar surface area (TPSA) is 69.6 Å². The fourth-order valence-corrected chi connectivity index (χ4v) is 3.79. The normalized spacial score (nSPS) is 21.7. The highest BCUT2D eigenvalue weighted by Crippen LogP contribution is 2.42. The maximum absolute atomic E-state index is 6.03. The standard InChI is InChI=1S/C19H24N4O3/c1-24-18-10-16(21-14-22-18)23-8-5-19(6-9-23)11-15(26-13-19)12-25-17-4-2-3-7-20-17/h2-4,7,10,14-15H,5-6,8-9,11-13H2,1H3/t15-/m1/s1. The van der Waals surface area contributed by atoms with Gasteiger partial charge in [-0.05, 0) is 30.7 Å². The van der Waals surface area contributed by atoms with E-state index >= 15 is 0 Å². The van der Waals surface area contributed by atoms with Crippen LogP contribution in [0.3, 0.4) is 0 Å². The van der Waals surface area contributed by atoms with Crippen LogP contribution < -0.4 is 14.4 Å². The fourth-order valence-electron chi connectivity index (χ4n) is 3.79. The lowest BCUT2D eigenvalue weighted by molar-refractivity contribution is 0.0565. The van der Waals surface area contributed by atoms with E-state index in [9.17, 15) is 0 Å². The van der Waals surface area contributed by atoms with Gasteiger partial charge in [-0.2, -0.15) is 0 Å². The van der Waals surface area contributed by atoms with E-state index in [-0.39, 0.29) is 11.5 Å². The largest absolute Gasteiger partial charge is 0.481 e. The Balaban J connectivity index is 1.30. The Hall–Kier alpha value is -2.41. The molecular weight excluding hydrogens is 332 g/mol. The van der Waals surface area contributed by atoms with Crippen LogP contribution in [-0.4, -0.2) is 54.5 Å². The zero-order valence-electron chi connectivity index (χ0n) is 15.0. The summed E-state index contributed by atoms with van der Waals surface area (Å²) in [6.07, 6.45) is 6.68. The number of piperidine rings is 1. The van der Waals surface area contributed by atoms with Crippen LogP contribution in [0.2, 0.25) is 0 Å². The minimum atomic E-state index is 0.141. The van der Waals surface area contributed by atoms with Crippen LogP contribution in [0.4, 0.5) is 5.82 Å². The van der Waals surface area contributed by atoms with Crippen molar-refractivity contribution in [3.05, 3.63) is 36.8 Å². The third kappa shape index (κ3) is 3.72. The quantitative estimate of drug-likeness (QED) is 0.814. The minimum Gasteiger partial charge on any atom is -0.481 e. The van der Waals surface area contributed by atoms with Crippen molar-refractivity contribution in [2.24, 2.45) is 5.41 Å². The SMILES string of the molecule is COc1cc(N2CCC3(CC2)CO[C@@H](COc2ccccn2)C3)ncn1. The van der Waals surface area contributed by atoms with Crippen molar-refractivity contribution in [1.82, 2.24) is 15.0 Å². The Kier molecular flexibility index (Phi) is 4.88. The number of hydrogen-bond donors (Lipinski definition) is 0. The molecule has 1 atom stereocenters. The van der Waals surface area contributed by atoms with E-state index in [0.29, 0.717) is 18.4 Å². The summed E-state index contributed by atoms with van der Waals surface area (Å²) in [5.74, 6) is 2.19. The molecule has 0 aromatic carbocycles. The molecule has 2 aliphatic heterocycles. The van der Waals surface area contributed by atoms with Crippen molar-refractivity contribution in [3.8, 4) is 11.8 Å². The van der Waals surface area contributed by atoms with Crippen LogP contribution in [0.25, 0.3) is 0 Å². The smallest absolute Gasteiger partial charge is 0.218 e. The van der Waals surface area contributed by atoms with Gasteiger partial charge in [0.2, 0.25) is 11.8 Å². The average molecular weight is 356 g/mol. The van der Waals surface area contributed by atoms with E-state index in [4.69, 9.17) is 14.2 Å². The Morgan fingerprint density at radius 2 is 2.08 bits per heavy atom. The van der Waals surface area contributed by atoms with Gasteiger partial charge in [-0.15, -0.1) is 0 Å². The molecular formula is C19H24N4O3. The first-order chi connectivity index (χ1) is 12.8. The summed E-state index contributed by atoms with van der Waals surface area (Å²) in [4.78, 5) is 15.0. The lowest BCUT2D eigenvalue weighted by Crippen LogP contribution is -2.41. The average Bonchev–Trinajstić information content (AvgIpc) is 3.10. The number of aromatic nitrogens is 3. The van der Waals surface area contributed by atoms with Gasteiger partial charge in [-0.25, -0.2) is 15.0 Å². The molecule has 138 valence electrons. The maximum atomic E-state index is 6.03. The van der Waals surface area contributed by atoms with Gasteiger partial charge in [0, 0.05) is 31.4 Å². The predicted octanol–water partition coefficient (Wildman–Crippen LogP) is 2.33. The van der Waals surface area contributed by atoms with Gasteiger partial charge in [0.1, 0.15) is 18.8 Å². The third-order valence-electron chi connectivity index (χ3n) is 5.33. The van der Waals surface area contributed by atoms with Crippen molar-refractivity contribution in [1.29, 1.82) is 0 Å². The lowest BCUT2D eigenvalue weighted by Gasteiger charge is -2.39. The number of hydrogen-bond acceptors (Lipinski definition) is 7. The van der Waals surface area contributed by atoms with E-state index in [1.807, 2.05) is 24.3 Å². The molecule has 0 unspecified atom stereocenters. The molecule has 2 aromatic rings. The van der Waals surface area contributed by atoms with Crippen molar-refractivity contribution in [3.63, 3.8) is 0 Å². The highest BCUT2D eigenvalue weighted by molar-refractivity contribution is 5.41. The third-order valence-corrected chi connectivity index (χ3v) is 5.33. The number of methoxy groups -OCH3 is 1. The first kappa shape index (κ1) is 17.0. The summed E-state index contributed by atoms with van der Waals surface area (Å²) in [5, 5.41) is 0. The molecule has 2 fully saturated rings. The first-order valence-electron chi connectivity index (χ1n) is 9.03. The summed E-state index contributed by atoms with van der Waals surface area (Å²) < 4.78 is 17.0. The van der Waals surface area contributed by atoms with Gasteiger partial charge >= 0.3 is 0 Å². The number of pyridine rings is 1. The van der Waals surface area contributed by atoms with Crippen LogP contribution in [0.1, 0.15) is 19.3 Å². The van der Waals surface area contributed by atoms with Gasteiger partial charge in [-0.1, -0.05) is 6.07 Å². The van der Waals surface area contributed by atoms with Gasteiger partial charge in [0.25, 0.3) is 0 Å². The van der Waals surface area contributed by atoms with Crippen LogP contribution in [0.5, 0.6) is 11.8 Å². The maximum Gasteiger partial charge on any atom is 0.218 e. The van der Waals surface area contributed by atoms with Gasteiger partial charge in [-0.3, -0.25) is 0 Å². The first-order valence-corrected chi connectivity index (χ1v) is 9.03. The summed E-state index contributed by atoms with van der Waals surface area (Å²) in [6, 6.07) is 7.58. The van der Waals surface area contributed by atoms with Crippen molar-refractivity contribution >= 4 is 5.82 Å². The lowest BCUT2D eigenvalue weighted by atomic mass is 9.76. The van der Waals surface area contributed by atoms with Crippen LogP contribution >= 0.6 is 0 Å². The Morgan fingerprint density at radius 1 is 1.19 bits per heavy atom. The van der Waals surface area contributed by atoms with E-state index in [0.717, 1.165) is 44.8 Å².